The summed E-state index contributed by atoms with van der Waals surface area (Å²) < 4.78 is 20.7. The number of aryl methyl sites for hydroxylation is 1. The molecule has 1 aromatic heterocycles. The Balaban J connectivity index is 2.40. The fourth-order valence-corrected chi connectivity index (χ4v) is 2.44. The highest BCUT2D eigenvalue weighted by molar-refractivity contribution is 5.35. The Bertz CT molecular complexity index is 583. The minimum atomic E-state index is -0.349. The number of benzene rings is 1. The average molecular weight is 291 g/mol. The zero-order valence-electron chi connectivity index (χ0n) is 12.8. The lowest BCUT2D eigenvalue weighted by Crippen LogP contribution is -2.25. The Morgan fingerprint density at radius 2 is 2.14 bits per heavy atom. The minimum absolute atomic E-state index is 0.0291. The monoisotopic (exact) mass is 291 g/mol. The van der Waals surface area contributed by atoms with Crippen molar-refractivity contribution in [2.24, 2.45) is 0 Å². The summed E-state index contributed by atoms with van der Waals surface area (Å²) in [4.78, 5) is 0. The van der Waals surface area contributed by atoms with Crippen LogP contribution in [0.25, 0.3) is 0 Å². The smallest absolute Gasteiger partial charge is 0.165 e. The molecule has 0 aliphatic rings. The van der Waals surface area contributed by atoms with E-state index in [2.05, 4.69) is 17.3 Å². The van der Waals surface area contributed by atoms with E-state index in [1.54, 1.807) is 18.3 Å². The van der Waals surface area contributed by atoms with Gasteiger partial charge in [0, 0.05) is 12.7 Å². The number of ether oxygens (including phenoxy) is 1. The number of aromatic nitrogens is 2. The maximum atomic E-state index is 13.6. The highest BCUT2D eigenvalue weighted by Gasteiger charge is 2.18. The van der Waals surface area contributed by atoms with Crippen molar-refractivity contribution in [2.75, 3.05) is 13.7 Å². The molecule has 1 aromatic carbocycles. The zero-order chi connectivity index (χ0) is 15.2. The summed E-state index contributed by atoms with van der Waals surface area (Å²) >= 11 is 0. The van der Waals surface area contributed by atoms with E-state index in [1.165, 1.54) is 13.2 Å². The van der Waals surface area contributed by atoms with Gasteiger partial charge in [-0.05, 0) is 36.7 Å². The van der Waals surface area contributed by atoms with Crippen LogP contribution in [0.15, 0.2) is 30.5 Å². The first-order valence-corrected chi connectivity index (χ1v) is 7.29. The van der Waals surface area contributed by atoms with Gasteiger partial charge in [-0.2, -0.15) is 5.10 Å². The molecule has 0 fully saturated rings. The van der Waals surface area contributed by atoms with Crippen LogP contribution in [-0.4, -0.2) is 23.4 Å². The van der Waals surface area contributed by atoms with E-state index >= 15 is 0 Å². The van der Waals surface area contributed by atoms with Crippen LogP contribution in [0.3, 0.4) is 0 Å². The Labute approximate surface area is 124 Å². The average Bonchev–Trinajstić information content (AvgIpc) is 2.94. The van der Waals surface area contributed by atoms with Crippen LogP contribution in [0.1, 0.15) is 37.6 Å². The topological polar surface area (TPSA) is 39.1 Å². The van der Waals surface area contributed by atoms with Crippen molar-refractivity contribution < 1.29 is 9.13 Å². The number of halogens is 1. The SMILES string of the molecule is CCCn1nccc1C(NCC)c1ccc(F)c(OC)c1. The molecule has 0 aliphatic carbocycles. The van der Waals surface area contributed by atoms with Crippen LogP contribution < -0.4 is 10.1 Å². The highest BCUT2D eigenvalue weighted by atomic mass is 19.1. The molecular formula is C16H22FN3O. The van der Waals surface area contributed by atoms with Gasteiger partial charge in [0.05, 0.1) is 18.8 Å². The van der Waals surface area contributed by atoms with Gasteiger partial charge in [-0.1, -0.05) is 19.9 Å². The van der Waals surface area contributed by atoms with Gasteiger partial charge < -0.3 is 10.1 Å². The van der Waals surface area contributed by atoms with E-state index in [-0.39, 0.29) is 17.6 Å². The third-order valence-corrected chi connectivity index (χ3v) is 3.40. The van der Waals surface area contributed by atoms with Crippen LogP contribution in [0, 0.1) is 5.82 Å². The van der Waals surface area contributed by atoms with Gasteiger partial charge in [-0.25, -0.2) is 4.39 Å². The first kappa shape index (κ1) is 15.5. The number of hydrogen-bond donors (Lipinski definition) is 1. The lowest BCUT2D eigenvalue weighted by atomic mass is 10.0. The van der Waals surface area contributed by atoms with Crippen molar-refractivity contribution in [3.8, 4) is 5.75 Å². The number of hydrogen-bond acceptors (Lipinski definition) is 3. The minimum Gasteiger partial charge on any atom is -0.494 e. The third-order valence-electron chi connectivity index (χ3n) is 3.40. The molecule has 2 aromatic rings. The molecule has 4 nitrogen and oxygen atoms in total. The van der Waals surface area contributed by atoms with Gasteiger partial charge in [-0.15, -0.1) is 0 Å². The van der Waals surface area contributed by atoms with Crippen LogP contribution in [0.2, 0.25) is 0 Å². The first-order chi connectivity index (χ1) is 10.2. The molecule has 21 heavy (non-hydrogen) atoms. The Morgan fingerprint density at radius 3 is 2.81 bits per heavy atom. The van der Waals surface area contributed by atoms with Crippen LogP contribution >= 0.6 is 0 Å². The summed E-state index contributed by atoms with van der Waals surface area (Å²) in [5.74, 6) is -0.0875. The number of nitrogens with one attached hydrogen (secondary N) is 1. The number of rotatable bonds is 7. The second kappa shape index (κ2) is 7.22. The van der Waals surface area contributed by atoms with Crippen LogP contribution in [0.4, 0.5) is 4.39 Å². The summed E-state index contributed by atoms with van der Waals surface area (Å²) in [6, 6.07) is 6.94. The van der Waals surface area contributed by atoms with Crippen molar-refractivity contribution in [1.82, 2.24) is 15.1 Å². The van der Waals surface area contributed by atoms with Gasteiger partial charge in [0.25, 0.3) is 0 Å². The fraction of sp³-hybridized carbons (Fsp3) is 0.438. The highest BCUT2D eigenvalue weighted by Crippen LogP contribution is 2.27. The lowest BCUT2D eigenvalue weighted by Gasteiger charge is -2.20. The van der Waals surface area contributed by atoms with Crippen molar-refractivity contribution in [1.29, 1.82) is 0 Å². The molecule has 0 saturated carbocycles. The van der Waals surface area contributed by atoms with E-state index in [0.717, 1.165) is 30.8 Å². The summed E-state index contributed by atoms with van der Waals surface area (Å²) in [6.07, 6.45) is 2.82. The second-order valence-corrected chi connectivity index (χ2v) is 4.86. The first-order valence-electron chi connectivity index (χ1n) is 7.29. The Kier molecular flexibility index (Phi) is 5.33. The molecule has 1 heterocycles. The van der Waals surface area contributed by atoms with Crippen molar-refractivity contribution in [3.63, 3.8) is 0 Å². The van der Waals surface area contributed by atoms with Gasteiger partial charge in [-0.3, -0.25) is 4.68 Å². The molecule has 1 atom stereocenters. The van der Waals surface area contributed by atoms with Gasteiger partial charge in [0.15, 0.2) is 11.6 Å². The van der Waals surface area contributed by atoms with Crippen LogP contribution in [0.5, 0.6) is 5.75 Å². The molecule has 0 saturated heterocycles. The predicted molar refractivity (Wildman–Crippen MR) is 81.0 cm³/mol. The van der Waals surface area contributed by atoms with E-state index in [4.69, 9.17) is 4.74 Å². The van der Waals surface area contributed by atoms with Gasteiger partial charge in [0.2, 0.25) is 0 Å². The third kappa shape index (κ3) is 3.42. The molecule has 114 valence electrons. The maximum absolute atomic E-state index is 13.6. The predicted octanol–water partition coefficient (Wildman–Crippen LogP) is 3.14. The number of nitrogens with zero attached hydrogens (tertiary/aromatic N) is 2. The van der Waals surface area contributed by atoms with E-state index < -0.39 is 0 Å². The summed E-state index contributed by atoms with van der Waals surface area (Å²) in [6.45, 7) is 5.84. The van der Waals surface area contributed by atoms with E-state index in [1.807, 2.05) is 17.7 Å². The molecule has 0 spiro atoms. The zero-order valence-corrected chi connectivity index (χ0v) is 12.8. The standard InChI is InChI=1S/C16H22FN3O/c1-4-10-20-14(8-9-19-20)16(18-5-2)12-6-7-13(17)15(11-12)21-3/h6-9,11,16,18H,4-5,10H2,1-3H3. The Morgan fingerprint density at radius 1 is 1.33 bits per heavy atom. The maximum Gasteiger partial charge on any atom is 0.165 e. The fourth-order valence-electron chi connectivity index (χ4n) is 2.44. The summed E-state index contributed by atoms with van der Waals surface area (Å²) in [7, 11) is 1.48. The van der Waals surface area contributed by atoms with Gasteiger partial charge >= 0.3 is 0 Å². The molecule has 0 amide bonds. The number of methoxy groups -OCH3 is 1. The van der Waals surface area contributed by atoms with E-state index in [0.29, 0.717) is 0 Å². The molecule has 0 aliphatic heterocycles. The molecular weight excluding hydrogens is 269 g/mol. The molecule has 0 bridgehead atoms. The normalized spacial score (nSPS) is 12.4. The van der Waals surface area contributed by atoms with Crippen LogP contribution in [-0.2, 0) is 6.54 Å². The molecule has 5 heteroatoms. The second-order valence-electron chi connectivity index (χ2n) is 4.86. The molecule has 1 unspecified atom stereocenters. The quantitative estimate of drug-likeness (QED) is 0.852. The largest absolute Gasteiger partial charge is 0.494 e. The Hall–Kier alpha value is -1.88. The molecule has 0 radical (unpaired) electrons. The molecule has 2 rings (SSSR count). The van der Waals surface area contributed by atoms with E-state index in [9.17, 15) is 4.39 Å². The van der Waals surface area contributed by atoms with Crippen molar-refractivity contribution in [2.45, 2.75) is 32.9 Å². The summed E-state index contributed by atoms with van der Waals surface area (Å²) in [5.41, 5.74) is 2.04. The van der Waals surface area contributed by atoms with Gasteiger partial charge in [0.1, 0.15) is 0 Å². The molecule has 1 N–H and O–H groups in total. The van der Waals surface area contributed by atoms with Crippen molar-refractivity contribution >= 4 is 0 Å². The lowest BCUT2D eigenvalue weighted by molar-refractivity contribution is 0.385. The van der Waals surface area contributed by atoms with Crippen molar-refractivity contribution in [3.05, 3.63) is 47.5 Å². The summed E-state index contributed by atoms with van der Waals surface area (Å²) in [5, 5.41) is 7.80.